The van der Waals surface area contributed by atoms with E-state index < -0.39 is 0 Å². The van der Waals surface area contributed by atoms with Crippen molar-refractivity contribution in [1.82, 2.24) is 10.9 Å². The maximum Gasteiger partial charge on any atom is 0.236 e. The van der Waals surface area contributed by atoms with Crippen LogP contribution in [0, 0.1) is 0 Å². The highest BCUT2D eigenvalue weighted by molar-refractivity contribution is 5.79. The molecule has 2 aliphatic heterocycles. The lowest BCUT2D eigenvalue weighted by Crippen LogP contribution is -2.52. The summed E-state index contributed by atoms with van der Waals surface area (Å²) in [6, 6.07) is 10.5. The molecule has 2 saturated heterocycles. The first-order chi connectivity index (χ1) is 9.27. The van der Waals surface area contributed by atoms with E-state index in [0.29, 0.717) is 6.42 Å². The van der Waals surface area contributed by atoms with Crippen LogP contribution in [0.5, 0.6) is 0 Å². The molecule has 0 radical (unpaired) electrons. The third-order valence-corrected chi connectivity index (χ3v) is 3.81. The van der Waals surface area contributed by atoms with Gasteiger partial charge in [0.25, 0.3) is 0 Å². The quantitative estimate of drug-likeness (QED) is 0.813. The summed E-state index contributed by atoms with van der Waals surface area (Å²) in [4.78, 5) is 13.7. The van der Waals surface area contributed by atoms with Crippen molar-refractivity contribution in [2.75, 3.05) is 18.0 Å². The fourth-order valence-corrected chi connectivity index (χ4v) is 2.73. The van der Waals surface area contributed by atoms with Crippen molar-refractivity contribution in [3.8, 4) is 0 Å². The number of hydrazine groups is 1. The summed E-state index contributed by atoms with van der Waals surface area (Å²) < 4.78 is 0. The number of rotatable bonds is 1. The molecule has 4 nitrogen and oxygen atoms in total. The Morgan fingerprint density at radius 3 is 2.26 bits per heavy atom. The number of carbonyl (C=O) groups excluding carboxylic acids is 1. The lowest BCUT2D eigenvalue weighted by molar-refractivity contribution is -0.119. The smallest absolute Gasteiger partial charge is 0.236 e. The molecule has 2 fully saturated rings. The number of hydrogen-bond acceptors (Lipinski definition) is 3. The van der Waals surface area contributed by atoms with Gasteiger partial charge < -0.3 is 4.90 Å². The minimum Gasteiger partial charge on any atom is -0.371 e. The van der Waals surface area contributed by atoms with Gasteiger partial charge in [-0.2, -0.15) is 0 Å². The summed E-state index contributed by atoms with van der Waals surface area (Å²) in [5, 5.41) is 0. The van der Waals surface area contributed by atoms with E-state index in [9.17, 15) is 4.79 Å². The van der Waals surface area contributed by atoms with Gasteiger partial charge in [-0.1, -0.05) is 32.0 Å². The first-order valence-electron chi connectivity index (χ1n) is 7.14. The zero-order valence-corrected chi connectivity index (χ0v) is 11.8. The molecule has 2 aliphatic rings. The van der Waals surface area contributed by atoms with Crippen LogP contribution in [0.1, 0.15) is 33.1 Å². The van der Waals surface area contributed by atoms with Crippen molar-refractivity contribution >= 4 is 11.6 Å². The lowest BCUT2D eigenvalue weighted by atomic mass is 9.86. The van der Waals surface area contributed by atoms with Crippen LogP contribution < -0.4 is 15.8 Å². The van der Waals surface area contributed by atoms with Gasteiger partial charge in [-0.3, -0.25) is 10.2 Å². The van der Waals surface area contributed by atoms with Crippen molar-refractivity contribution in [3.05, 3.63) is 30.3 Å². The first-order valence-corrected chi connectivity index (χ1v) is 7.14. The molecule has 0 aromatic heterocycles. The Hall–Kier alpha value is -1.55. The van der Waals surface area contributed by atoms with Gasteiger partial charge in [0.15, 0.2) is 0 Å². The highest BCUT2D eigenvalue weighted by Crippen LogP contribution is 2.30. The van der Waals surface area contributed by atoms with E-state index in [1.165, 1.54) is 5.69 Å². The molecule has 4 heteroatoms. The number of anilines is 1. The van der Waals surface area contributed by atoms with Crippen LogP contribution in [0.15, 0.2) is 30.3 Å². The van der Waals surface area contributed by atoms with Gasteiger partial charge in [0.1, 0.15) is 0 Å². The number of carbonyl (C=O) groups is 1. The molecule has 0 bridgehead atoms. The largest absolute Gasteiger partial charge is 0.371 e. The number of amides is 1. The highest BCUT2D eigenvalue weighted by Gasteiger charge is 2.40. The molecule has 2 N–H and O–H groups in total. The molecule has 0 atom stereocenters. The van der Waals surface area contributed by atoms with E-state index in [4.69, 9.17) is 0 Å². The van der Waals surface area contributed by atoms with Crippen LogP contribution in [0.2, 0.25) is 0 Å². The first kappa shape index (κ1) is 13.9. The van der Waals surface area contributed by atoms with E-state index in [-0.39, 0.29) is 11.4 Å². The van der Waals surface area contributed by atoms with E-state index in [2.05, 4.69) is 40.0 Å². The predicted molar refractivity (Wildman–Crippen MR) is 77.9 cm³/mol. The standard InChI is InChI=1S/C13H17N3O.C2H6/c17-12-10-13(15-14-12)6-8-16(9-7-13)11-4-2-1-3-5-11;1-2/h1-5,15H,6-10H2,(H,14,17);1-2H3. The Labute approximate surface area is 115 Å². The second-order valence-electron chi connectivity index (χ2n) is 4.95. The Morgan fingerprint density at radius 2 is 1.74 bits per heavy atom. The minimum atomic E-state index is 0.00234. The van der Waals surface area contributed by atoms with Crippen molar-refractivity contribution < 1.29 is 4.79 Å². The van der Waals surface area contributed by atoms with Gasteiger partial charge in [0.2, 0.25) is 5.91 Å². The molecule has 1 aromatic rings. The normalized spacial score (nSPS) is 20.7. The Bertz CT molecular complexity index is 411. The van der Waals surface area contributed by atoms with E-state index in [0.717, 1.165) is 25.9 Å². The molecular weight excluding hydrogens is 238 g/mol. The lowest BCUT2D eigenvalue weighted by Gasteiger charge is -2.39. The molecule has 3 rings (SSSR count). The maximum atomic E-state index is 11.3. The Balaban J connectivity index is 0.000000637. The number of benzene rings is 1. The van der Waals surface area contributed by atoms with Gasteiger partial charge in [0, 0.05) is 30.7 Å². The van der Waals surface area contributed by atoms with Crippen molar-refractivity contribution in [2.45, 2.75) is 38.6 Å². The third kappa shape index (κ3) is 3.07. The molecular formula is C15H23N3O. The van der Waals surface area contributed by atoms with E-state index >= 15 is 0 Å². The van der Waals surface area contributed by atoms with Crippen LogP contribution >= 0.6 is 0 Å². The Morgan fingerprint density at radius 1 is 1.11 bits per heavy atom. The van der Waals surface area contributed by atoms with Crippen LogP contribution in [0.4, 0.5) is 5.69 Å². The number of hydrogen-bond donors (Lipinski definition) is 2. The maximum absolute atomic E-state index is 11.3. The second-order valence-corrected chi connectivity index (χ2v) is 4.95. The number of piperidine rings is 1. The van der Waals surface area contributed by atoms with Crippen LogP contribution in [-0.4, -0.2) is 24.5 Å². The summed E-state index contributed by atoms with van der Waals surface area (Å²) in [7, 11) is 0. The molecule has 0 aliphatic carbocycles. The molecule has 0 saturated carbocycles. The highest BCUT2D eigenvalue weighted by atomic mass is 16.2. The average Bonchev–Trinajstić information content (AvgIpc) is 2.84. The monoisotopic (exact) mass is 261 g/mol. The molecule has 1 spiro atoms. The summed E-state index contributed by atoms with van der Waals surface area (Å²) in [5.74, 6) is 0.123. The van der Waals surface area contributed by atoms with E-state index in [1.807, 2.05) is 19.9 Å². The average molecular weight is 261 g/mol. The summed E-state index contributed by atoms with van der Waals surface area (Å²) in [5.41, 5.74) is 7.17. The number of nitrogens with one attached hydrogen (secondary N) is 2. The number of para-hydroxylation sites is 1. The van der Waals surface area contributed by atoms with Gasteiger partial charge in [-0.25, -0.2) is 5.43 Å². The van der Waals surface area contributed by atoms with Gasteiger partial charge in [-0.05, 0) is 25.0 Å². The van der Waals surface area contributed by atoms with Crippen molar-refractivity contribution in [3.63, 3.8) is 0 Å². The Kier molecular flexibility index (Phi) is 4.43. The SMILES string of the molecule is CC.O=C1CC2(CCN(c3ccccc3)CC2)NN1. The van der Waals surface area contributed by atoms with Crippen molar-refractivity contribution in [1.29, 1.82) is 0 Å². The van der Waals surface area contributed by atoms with Crippen molar-refractivity contribution in [2.24, 2.45) is 0 Å². The zero-order chi connectivity index (χ0) is 13.7. The van der Waals surface area contributed by atoms with Crippen LogP contribution in [0.3, 0.4) is 0 Å². The molecule has 19 heavy (non-hydrogen) atoms. The van der Waals surface area contributed by atoms with Gasteiger partial charge in [-0.15, -0.1) is 0 Å². The molecule has 104 valence electrons. The molecule has 1 aromatic carbocycles. The summed E-state index contributed by atoms with van der Waals surface area (Å²) in [6.07, 6.45) is 2.65. The van der Waals surface area contributed by atoms with Crippen LogP contribution in [0.25, 0.3) is 0 Å². The summed E-state index contributed by atoms with van der Waals surface area (Å²) >= 11 is 0. The summed E-state index contributed by atoms with van der Waals surface area (Å²) in [6.45, 7) is 6.01. The van der Waals surface area contributed by atoms with Gasteiger partial charge >= 0.3 is 0 Å². The number of nitrogens with zero attached hydrogens (tertiary/aromatic N) is 1. The topological polar surface area (TPSA) is 44.4 Å². The molecule has 0 unspecified atom stereocenters. The van der Waals surface area contributed by atoms with Crippen LogP contribution in [-0.2, 0) is 4.79 Å². The molecule has 2 heterocycles. The third-order valence-electron chi connectivity index (χ3n) is 3.81. The van der Waals surface area contributed by atoms with Gasteiger partial charge in [0.05, 0.1) is 0 Å². The molecule has 1 amide bonds. The second kappa shape index (κ2) is 6.06. The minimum absolute atomic E-state index is 0.00234. The fourth-order valence-electron chi connectivity index (χ4n) is 2.73. The predicted octanol–water partition coefficient (Wildman–Crippen LogP) is 2.08. The van der Waals surface area contributed by atoms with E-state index in [1.54, 1.807) is 0 Å². The zero-order valence-electron chi connectivity index (χ0n) is 11.8. The fraction of sp³-hybridized carbons (Fsp3) is 0.533.